The molecule has 150 valence electrons. The summed E-state index contributed by atoms with van der Waals surface area (Å²) in [5.41, 5.74) is -0.771. The minimum atomic E-state index is -4.56. The number of hydrogen-bond donors (Lipinski definition) is 0. The van der Waals surface area contributed by atoms with Crippen LogP contribution in [-0.4, -0.2) is 51.7 Å². The molecule has 0 atom stereocenters. The van der Waals surface area contributed by atoms with Crippen molar-refractivity contribution in [2.45, 2.75) is 12.7 Å². The van der Waals surface area contributed by atoms with Crippen LogP contribution in [0.2, 0.25) is 5.02 Å². The Labute approximate surface area is 162 Å². The Morgan fingerprint density at radius 3 is 2.46 bits per heavy atom. The van der Waals surface area contributed by atoms with Crippen molar-refractivity contribution >= 4 is 28.9 Å². The smallest absolute Gasteiger partial charge is 0.362 e. The number of rotatable bonds is 4. The van der Waals surface area contributed by atoms with Crippen molar-refractivity contribution in [1.82, 2.24) is 14.7 Å². The predicted octanol–water partition coefficient (Wildman–Crippen LogP) is 2.81. The quantitative estimate of drug-likeness (QED) is 0.564. The van der Waals surface area contributed by atoms with E-state index in [-0.39, 0.29) is 36.3 Å². The molecule has 0 radical (unpaired) electrons. The first-order valence-electron chi connectivity index (χ1n) is 8.22. The number of carbonyl (C=O) groups excluding carboxylic acids is 1. The molecule has 8 nitrogen and oxygen atoms in total. The minimum absolute atomic E-state index is 0.122. The van der Waals surface area contributed by atoms with Crippen LogP contribution >= 0.6 is 11.6 Å². The Morgan fingerprint density at radius 1 is 1.21 bits per heavy atom. The standard InChI is InChI=1S/C16H15ClF3N5O3/c17-11-1-2-12(13(9-11)25(27)28)22-5-7-23(8-6-22)15(26)10-24-4-3-14(21-24)16(18,19)20/h1-4,9H,5-8,10H2. The summed E-state index contributed by atoms with van der Waals surface area (Å²) >= 11 is 5.82. The SMILES string of the molecule is O=C(Cn1ccc(C(F)(F)F)n1)N1CCN(c2ccc(Cl)cc2[N+](=O)[O-])CC1. The molecule has 2 heterocycles. The van der Waals surface area contributed by atoms with Gasteiger partial charge in [0.2, 0.25) is 5.91 Å². The molecule has 28 heavy (non-hydrogen) atoms. The molecule has 1 aromatic carbocycles. The van der Waals surface area contributed by atoms with Crippen molar-refractivity contribution in [3.63, 3.8) is 0 Å². The van der Waals surface area contributed by atoms with E-state index < -0.39 is 16.8 Å². The number of nitro groups is 1. The second kappa shape index (κ2) is 7.66. The molecule has 0 unspecified atom stereocenters. The third-order valence-corrected chi connectivity index (χ3v) is 4.57. The number of piperazine rings is 1. The molecule has 1 aliphatic heterocycles. The van der Waals surface area contributed by atoms with Gasteiger partial charge < -0.3 is 9.80 Å². The van der Waals surface area contributed by atoms with Crippen molar-refractivity contribution < 1.29 is 22.9 Å². The Kier molecular flexibility index (Phi) is 5.45. The predicted molar refractivity (Wildman–Crippen MR) is 94.1 cm³/mol. The number of amides is 1. The Balaban J connectivity index is 1.62. The van der Waals surface area contributed by atoms with E-state index in [2.05, 4.69) is 5.10 Å². The largest absolute Gasteiger partial charge is 0.435 e. The molecule has 0 saturated carbocycles. The summed E-state index contributed by atoms with van der Waals surface area (Å²) < 4.78 is 38.7. The van der Waals surface area contributed by atoms with Gasteiger partial charge in [0.1, 0.15) is 12.2 Å². The molecule has 0 bridgehead atoms. The molecule has 0 N–H and O–H groups in total. The van der Waals surface area contributed by atoms with Crippen molar-refractivity contribution in [1.29, 1.82) is 0 Å². The van der Waals surface area contributed by atoms with E-state index in [4.69, 9.17) is 11.6 Å². The molecule has 2 aromatic rings. The van der Waals surface area contributed by atoms with Crippen LogP contribution in [0, 0.1) is 10.1 Å². The highest BCUT2D eigenvalue weighted by molar-refractivity contribution is 6.30. The lowest BCUT2D eigenvalue weighted by molar-refractivity contribution is -0.384. The monoisotopic (exact) mass is 417 g/mol. The van der Waals surface area contributed by atoms with Gasteiger partial charge in [-0.3, -0.25) is 19.6 Å². The Bertz CT molecular complexity index is 894. The average molecular weight is 418 g/mol. The van der Waals surface area contributed by atoms with E-state index in [1.165, 1.54) is 11.0 Å². The molecule has 0 spiro atoms. The maximum Gasteiger partial charge on any atom is 0.435 e. The number of hydrogen-bond acceptors (Lipinski definition) is 5. The number of benzene rings is 1. The molecule has 1 aromatic heterocycles. The van der Waals surface area contributed by atoms with Gasteiger partial charge >= 0.3 is 6.18 Å². The van der Waals surface area contributed by atoms with E-state index in [1.807, 2.05) is 0 Å². The van der Waals surface area contributed by atoms with Crippen LogP contribution in [0.4, 0.5) is 24.5 Å². The normalized spacial score (nSPS) is 15.0. The summed E-state index contributed by atoms with van der Waals surface area (Å²) in [4.78, 5) is 26.3. The molecular weight excluding hydrogens is 403 g/mol. The number of aromatic nitrogens is 2. The molecule has 1 fully saturated rings. The Hall–Kier alpha value is -2.82. The van der Waals surface area contributed by atoms with Gasteiger partial charge in [-0.2, -0.15) is 18.3 Å². The van der Waals surface area contributed by atoms with E-state index in [9.17, 15) is 28.1 Å². The lowest BCUT2D eigenvalue weighted by atomic mass is 10.2. The van der Waals surface area contributed by atoms with Crippen molar-refractivity contribution in [3.8, 4) is 0 Å². The van der Waals surface area contributed by atoms with Gasteiger partial charge in [0.25, 0.3) is 5.69 Å². The second-order valence-corrected chi connectivity index (χ2v) is 6.59. The van der Waals surface area contributed by atoms with Gasteiger partial charge in [0.15, 0.2) is 5.69 Å². The fraction of sp³-hybridized carbons (Fsp3) is 0.375. The van der Waals surface area contributed by atoms with Crippen LogP contribution in [0.15, 0.2) is 30.5 Å². The van der Waals surface area contributed by atoms with Crippen LogP contribution in [0.25, 0.3) is 0 Å². The van der Waals surface area contributed by atoms with Crippen molar-refractivity contribution in [2.24, 2.45) is 0 Å². The lowest BCUT2D eigenvalue weighted by Crippen LogP contribution is -2.49. The average Bonchev–Trinajstić information content (AvgIpc) is 3.10. The van der Waals surface area contributed by atoms with Crippen LogP contribution < -0.4 is 4.90 Å². The van der Waals surface area contributed by atoms with Gasteiger partial charge in [0, 0.05) is 43.5 Å². The molecule has 1 aliphatic rings. The first-order chi connectivity index (χ1) is 13.1. The van der Waals surface area contributed by atoms with Crippen molar-refractivity contribution in [2.75, 3.05) is 31.1 Å². The summed E-state index contributed by atoms with van der Waals surface area (Å²) in [6.45, 7) is 0.956. The van der Waals surface area contributed by atoms with Crippen molar-refractivity contribution in [3.05, 3.63) is 51.3 Å². The Morgan fingerprint density at radius 2 is 1.89 bits per heavy atom. The number of nitrogens with zero attached hydrogens (tertiary/aromatic N) is 5. The summed E-state index contributed by atoms with van der Waals surface area (Å²) in [5, 5.41) is 14.8. The molecule has 0 aliphatic carbocycles. The van der Waals surface area contributed by atoms with Gasteiger partial charge in [-0.05, 0) is 18.2 Å². The number of nitro benzene ring substituents is 1. The van der Waals surface area contributed by atoms with E-state index in [0.29, 0.717) is 18.8 Å². The van der Waals surface area contributed by atoms with Crippen LogP contribution in [0.3, 0.4) is 0 Å². The molecule has 1 saturated heterocycles. The lowest BCUT2D eigenvalue weighted by Gasteiger charge is -2.35. The highest BCUT2D eigenvalue weighted by atomic mass is 35.5. The van der Waals surface area contributed by atoms with Gasteiger partial charge in [0.05, 0.1) is 4.92 Å². The molecular formula is C16H15ClF3N5O3. The fourth-order valence-corrected chi connectivity index (χ4v) is 3.11. The first kappa shape index (κ1) is 19.9. The number of carbonyl (C=O) groups is 1. The summed E-state index contributed by atoms with van der Waals surface area (Å²) in [6.07, 6.45) is -3.46. The third kappa shape index (κ3) is 4.35. The van der Waals surface area contributed by atoms with E-state index in [0.717, 1.165) is 16.9 Å². The highest BCUT2D eigenvalue weighted by Gasteiger charge is 2.34. The summed E-state index contributed by atoms with van der Waals surface area (Å²) in [7, 11) is 0. The van der Waals surface area contributed by atoms with E-state index in [1.54, 1.807) is 17.0 Å². The van der Waals surface area contributed by atoms with Gasteiger partial charge in [-0.15, -0.1) is 0 Å². The van der Waals surface area contributed by atoms with Crippen LogP contribution in [0.1, 0.15) is 5.69 Å². The number of halogens is 4. The fourth-order valence-electron chi connectivity index (χ4n) is 2.95. The number of alkyl halides is 3. The number of anilines is 1. The minimum Gasteiger partial charge on any atom is -0.362 e. The zero-order valence-electron chi connectivity index (χ0n) is 14.4. The molecule has 3 rings (SSSR count). The first-order valence-corrected chi connectivity index (χ1v) is 8.60. The zero-order valence-corrected chi connectivity index (χ0v) is 15.2. The topological polar surface area (TPSA) is 84.5 Å². The van der Waals surface area contributed by atoms with Crippen LogP contribution in [-0.2, 0) is 17.5 Å². The molecule has 12 heteroatoms. The molecule has 1 amide bonds. The van der Waals surface area contributed by atoms with Crippen LogP contribution in [0.5, 0.6) is 0 Å². The summed E-state index contributed by atoms with van der Waals surface area (Å²) in [6, 6.07) is 5.19. The summed E-state index contributed by atoms with van der Waals surface area (Å²) in [5.74, 6) is -0.373. The third-order valence-electron chi connectivity index (χ3n) is 4.34. The zero-order chi connectivity index (χ0) is 20.5. The maximum atomic E-state index is 12.6. The van der Waals surface area contributed by atoms with Gasteiger partial charge in [-0.25, -0.2) is 0 Å². The maximum absolute atomic E-state index is 12.6. The van der Waals surface area contributed by atoms with E-state index >= 15 is 0 Å². The highest BCUT2D eigenvalue weighted by Crippen LogP contribution is 2.31. The second-order valence-electron chi connectivity index (χ2n) is 6.15. The van der Waals surface area contributed by atoms with Gasteiger partial charge in [-0.1, -0.05) is 11.6 Å².